The minimum absolute atomic E-state index is 0.377. The number of para-hydroxylation sites is 1. The smallest absolute Gasteiger partial charge is 0.137 e. The Morgan fingerprint density at radius 2 is 1.71 bits per heavy atom. The molecule has 4 heteroatoms. The van der Waals surface area contributed by atoms with Gasteiger partial charge in [0.2, 0.25) is 0 Å². The predicted octanol–water partition coefficient (Wildman–Crippen LogP) is 6.18. The number of halogens is 1. The Balaban J connectivity index is 1.57. The number of anilines is 1. The SMILES string of the molecule is CCCCCC(Cl)CCCCCCNc1ncnc2ccccc12. The third-order valence-electron chi connectivity index (χ3n) is 4.40. The maximum absolute atomic E-state index is 6.37. The van der Waals surface area contributed by atoms with Crippen molar-refractivity contribution in [2.75, 3.05) is 11.9 Å². The molecule has 0 saturated heterocycles. The standard InChI is InChI=1S/C20H30ClN3/c1-2-3-6-11-17(21)12-7-4-5-10-15-22-20-18-13-8-9-14-19(18)23-16-24-20/h8-9,13-14,16-17H,2-7,10-12,15H2,1H3,(H,22,23,24). The number of fused-ring (bicyclic) bond motifs is 1. The molecule has 0 aliphatic carbocycles. The largest absolute Gasteiger partial charge is 0.369 e. The van der Waals surface area contributed by atoms with Crippen LogP contribution in [0.3, 0.4) is 0 Å². The van der Waals surface area contributed by atoms with Crippen LogP contribution in [0.1, 0.15) is 64.7 Å². The van der Waals surface area contributed by atoms with Gasteiger partial charge in [-0.05, 0) is 31.4 Å². The summed E-state index contributed by atoms with van der Waals surface area (Å²) in [6.45, 7) is 3.20. The molecular weight excluding hydrogens is 318 g/mol. The molecule has 2 aromatic rings. The molecule has 0 radical (unpaired) electrons. The summed E-state index contributed by atoms with van der Waals surface area (Å²) in [6, 6.07) is 8.12. The number of nitrogens with one attached hydrogen (secondary N) is 1. The molecule has 1 atom stereocenters. The van der Waals surface area contributed by atoms with Crippen LogP contribution in [0.2, 0.25) is 0 Å². The lowest BCUT2D eigenvalue weighted by atomic mass is 10.1. The van der Waals surface area contributed by atoms with Crippen molar-refractivity contribution in [1.29, 1.82) is 0 Å². The normalized spacial score (nSPS) is 12.4. The quantitative estimate of drug-likeness (QED) is 0.368. The topological polar surface area (TPSA) is 37.8 Å². The van der Waals surface area contributed by atoms with Crippen LogP contribution >= 0.6 is 11.6 Å². The molecule has 0 bridgehead atoms. The van der Waals surface area contributed by atoms with E-state index >= 15 is 0 Å². The van der Waals surface area contributed by atoms with E-state index in [2.05, 4.69) is 28.3 Å². The second-order valence-electron chi connectivity index (χ2n) is 6.46. The van der Waals surface area contributed by atoms with Gasteiger partial charge in [-0.2, -0.15) is 0 Å². The first-order chi connectivity index (χ1) is 11.8. The van der Waals surface area contributed by atoms with Gasteiger partial charge < -0.3 is 5.32 Å². The molecule has 132 valence electrons. The lowest BCUT2D eigenvalue weighted by molar-refractivity contribution is 0.565. The molecule has 1 heterocycles. The van der Waals surface area contributed by atoms with E-state index in [0.29, 0.717) is 5.38 Å². The van der Waals surface area contributed by atoms with Crippen molar-refractivity contribution in [3.63, 3.8) is 0 Å². The highest BCUT2D eigenvalue weighted by atomic mass is 35.5. The van der Waals surface area contributed by atoms with Crippen LogP contribution in [-0.2, 0) is 0 Å². The summed E-state index contributed by atoms with van der Waals surface area (Å²) in [7, 11) is 0. The molecule has 0 saturated carbocycles. The predicted molar refractivity (Wildman–Crippen MR) is 105 cm³/mol. The number of unbranched alkanes of at least 4 members (excludes halogenated alkanes) is 5. The van der Waals surface area contributed by atoms with E-state index in [1.165, 1.54) is 51.4 Å². The van der Waals surface area contributed by atoms with Gasteiger partial charge in [0, 0.05) is 17.3 Å². The number of aromatic nitrogens is 2. The van der Waals surface area contributed by atoms with Gasteiger partial charge in [-0.15, -0.1) is 11.6 Å². The first kappa shape index (κ1) is 19.0. The zero-order valence-corrected chi connectivity index (χ0v) is 15.6. The molecule has 1 N–H and O–H groups in total. The van der Waals surface area contributed by atoms with Crippen molar-refractivity contribution >= 4 is 28.3 Å². The van der Waals surface area contributed by atoms with Crippen molar-refractivity contribution in [1.82, 2.24) is 9.97 Å². The number of rotatable bonds is 12. The number of hydrogen-bond acceptors (Lipinski definition) is 3. The summed E-state index contributed by atoms with van der Waals surface area (Å²) in [5, 5.41) is 4.92. The molecule has 0 fully saturated rings. The molecular formula is C20H30ClN3. The summed E-state index contributed by atoms with van der Waals surface area (Å²) in [5.41, 5.74) is 0.992. The summed E-state index contributed by atoms with van der Waals surface area (Å²) < 4.78 is 0. The van der Waals surface area contributed by atoms with Crippen molar-refractivity contribution in [2.45, 2.75) is 70.1 Å². The molecule has 1 aromatic carbocycles. The fourth-order valence-electron chi connectivity index (χ4n) is 2.96. The van der Waals surface area contributed by atoms with Crippen LogP contribution in [0.25, 0.3) is 10.9 Å². The van der Waals surface area contributed by atoms with Gasteiger partial charge in [0.15, 0.2) is 0 Å². The minimum Gasteiger partial charge on any atom is -0.369 e. The van der Waals surface area contributed by atoms with Crippen molar-refractivity contribution in [3.05, 3.63) is 30.6 Å². The van der Waals surface area contributed by atoms with E-state index in [1.54, 1.807) is 6.33 Å². The van der Waals surface area contributed by atoms with Gasteiger partial charge >= 0.3 is 0 Å². The number of nitrogens with zero attached hydrogens (tertiary/aromatic N) is 2. The van der Waals surface area contributed by atoms with E-state index in [1.807, 2.05) is 18.2 Å². The Morgan fingerprint density at radius 3 is 2.54 bits per heavy atom. The Bertz CT molecular complexity index is 583. The molecule has 1 unspecified atom stereocenters. The fraction of sp³-hybridized carbons (Fsp3) is 0.600. The van der Waals surface area contributed by atoms with E-state index in [0.717, 1.165) is 29.7 Å². The summed E-state index contributed by atoms with van der Waals surface area (Å²) in [6.07, 6.45) is 12.8. The van der Waals surface area contributed by atoms with Crippen molar-refractivity contribution < 1.29 is 0 Å². The van der Waals surface area contributed by atoms with Gasteiger partial charge in [-0.25, -0.2) is 9.97 Å². The number of alkyl halides is 1. The average Bonchev–Trinajstić information content (AvgIpc) is 2.61. The van der Waals surface area contributed by atoms with Crippen LogP contribution in [0.5, 0.6) is 0 Å². The molecule has 0 aliphatic rings. The second kappa shape index (κ2) is 11.2. The zero-order chi connectivity index (χ0) is 17.0. The number of benzene rings is 1. The molecule has 1 aromatic heterocycles. The summed E-state index contributed by atoms with van der Waals surface area (Å²) >= 11 is 6.37. The van der Waals surface area contributed by atoms with E-state index < -0.39 is 0 Å². The highest BCUT2D eigenvalue weighted by Gasteiger charge is 2.04. The van der Waals surface area contributed by atoms with E-state index in [-0.39, 0.29) is 0 Å². The number of hydrogen-bond donors (Lipinski definition) is 1. The van der Waals surface area contributed by atoms with E-state index in [4.69, 9.17) is 11.6 Å². The van der Waals surface area contributed by atoms with E-state index in [9.17, 15) is 0 Å². The van der Waals surface area contributed by atoms with Crippen LogP contribution in [0.4, 0.5) is 5.82 Å². The Hall–Kier alpha value is -1.35. The van der Waals surface area contributed by atoms with Crippen LogP contribution in [0.15, 0.2) is 30.6 Å². The van der Waals surface area contributed by atoms with Gasteiger partial charge in [0.1, 0.15) is 12.1 Å². The lowest BCUT2D eigenvalue weighted by Crippen LogP contribution is -2.04. The maximum Gasteiger partial charge on any atom is 0.137 e. The average molecular weight is 348 g/mol. The monoisotopic (exact) mass is 347 g/mol. The van der Waals surface area contributed by atoms with Crippen molar-refractivity contribution in [3.8, 4) is 0 Å². The summed E-state index contributed by atoms with van der Waals surface area (Å²) in [4.78, 5) is 8.65. The lowest BCUT2D eigenvalue weighted by Gasteiger charge is -2.09. The molecule has 0 spiro atoms. The molecule has 0 aliphatic heterocycles. The van der Waals surface area contributed by atoms with Crippen LogP contribution in [0, 0.1) is 0 Å². The third kappa shape index (κ3) is 6.64. The molecule has 0 amide bonds. The highest BCUT2D eigenvalue weighted by molar-refractivity contribution is 6.20. The van der Waals surface area contributed by atoms with Gasteiger partial charge in [0.05, 0.1) is 5.52 Å². The van der Waals surface area contributed by atoms with Gasteiger partial charge in [-0.1, -0.05) is 57.6 Å². The molecule has 2 rings (SSSR count). The second-order valence-corrected chi connectivity index (χ2v) is 7.08. The Labute approximate surface area is 151 Å². The van der Waals surface area contributed by atoms with Crippen LogP contribution < -0.4 is 5.32 Å². The summed E-state index contributed by atoms with van der Waals surface area (Å²) in [5.74, 6) is 0.942. The highest BCUT2D eigenvalue weighted by Crippen LogP contribution is 2.19. The fourth-order valence-corrected chi connectivity index (χ4v) is 3.27. The molecule has 24 heavy (non-hydrogen) atoms. The first-order valence-corrected chi connectivity index (χ1v) is 9.82. The first-order valence-electron chi connectivity index (χ1n) is 9.39. The zero-order valence-electron chi connectivity index (χ0n) is 14.8. The maximum atomic E-state index is 6.37. The van der Waals surface area contributed by atoms with Gasteiger partial charge in [-0.3, -0.25) is 0 Å². The Kier molecular flexibility index (Phi) is 8.90. The Morgan fingerprint density at radius 1 is 0.958 bits per heavy atom. The minimum atomic E-state index is 0.377. The van der Waals surface area contributed by atoms with Crippen LogP contribution in [-0.4, -0.2) is 21.9 Å². The third-order valence-corrected chi connectivity index (χ3v) is 4.84. The van der Waals surface area contributed by atoms with Crippen molar-refractivity contribution in [2.24, 2.45) is 0 Å². The molecule has 3 nitrogen and oxygen atoms in total. The van der Waals surface area contributed by atoms with Gasteiger partial charge in [0.25, 0.3) is 0 Å².